The van der Waals surface area contributed by atoms with Crippen LogP contribution in [0.4, 0.5) is 5.13 Å². The highest BCUT2D eigenvalue weighted by Crippen LogP contribution is 2.33. The highest BCUT2D eigenvalue weighted by molar-refractivity contribution is 7.22. The number of benzene rings is 2. The van der Waals surface area contributed by atoms with Crippen molar-refractivity contribution in [2.24, 2.45) is 0 Å². The van der Waals surface area contributed by atoms with Crippen LogP contribution in [0.5, 0.6) is 0 Å². The maximum atomic E-state index is 13.4. The number of fused-ring (bicyclic) bond motifs is 1. The Morgan fingerprint density at radius 3 is 2.52 bits per heavy atom. The molecule has 7 heteroatoms. The molecule has 0 atom stereocenters. The summed E-state index contributed by atoms with van der Waals surface area (Å²) in [5, 5.41) is 5.92. The van der Waals surface area contributed by atoms with Crippen molar-refractivity contribution in [1.29, 1.82) is 0 Å². The first kappa shape index (κ1) is 21.5. The van der Waals surface area contributed by atoms with Crippen molar-refractivity contribution in [1.82, 2.24) is 14.8 Å². The lowest BCUT2D eigenvalue weighted by Crippen LogP contribution is -2.35. The number of carbonyl (C=O) groups excluding carboxylic acids is 1. The van der Waals surface area contributed by atoms with E-state index in [0.717, 1.165) is 32.7 Å². The average molecular weight is 453 g/mol. The monoisotopic (exact) mass is 452 g/mol. The van der Waals surface area contributed by atoms with Crippen molar-refractivity contribution in [3.05, 3.63) is 75.6 Å². The molecule has 2 aromatic carbocycles. The van der Waals surface area contributed by atoms with Crippen molar-refractivity contribution in [2.75, 3.05) is 11.4 Å². The van der Waals surface area contributed by atoms with Gasteiger partial charge in [0.25, 0.3) is 0 Å². The van der Waals surface area contributed by atoms with Crippen molar-refractivity contribution in [3.63, 3.8) is 0 Å². The molecule has 0 N–H and O–H groups in total. The van der Waals surface area contributed by atoms with Crippen molar-refractivity contribution in [3.8, 4) is 0 Å². The van der Waals surface area contributed by atoms with Gasteiger partial charge in [-0.2, -0.15) is 5.10 Å². The minimum atomic E-state index is 0.0215. The lowest BCUT2D eigenvalue weighted by molar-refractivity contribution is -0.118. The first-order valence-electron chi connectivity index (χ1n) is 10.2. The van der Waals surface area contributed by atoms with Gasteiger partial charge in [-0.1, -0.05) is 52.8 Å². The lowest BCUT2D eigenvalue weighted by atomic mass is 10.1. The van der Waals surface area contributed by atoms with Gasteiger partial charge < -0.3 is 0 Å². The third-order valence-electron chi connectivity index (χ3n) is 5.38. The molecule has 0 aliphatic heterocycles. The minimum Gasteiger partial charge on any atom is -0.286 e. The molecule has 31 heavy (non-hydrogen) atoms. The van der Waals surface area contributed by atoms with E-state index in [1.807, 2.05) is 74.8 Å². The van der Waals surface area contributed by atoms with Crippen LogP contribution in [0.3, 0.4) is 0 Å². The van der Waals surface area contributed by atoms with Gasteiger partial charge in [0.1, 0.15) is 0 Å². The molecule has 0 saturated carbocycles. The number of rotatable bonds is 6. The summed E-state index contributed by atoms with van der Waals surface area (Å²) in [7, 11) is 0. The average Bonchev–Trinajstić information content (AvgIpc) is 3.30. The first-order chi connectivity index (χ1) is 14.8. The molecule has 0 radical (unpaired) electrons. The van der Waals surface area contributed by atoms with Crippen molar-refractivity contribution < 1.29 is 4.79 Å². The Labute approximate surface area is 191 Å². The second-order valence-electron chi connectivity index (χ2n) is 7.87. The van der Waals surface area contributed by atoms with E-state index in [1.54, 1.807) is 4.90 Å². The molecular formula is C24H25ClN4OS. The van der Waals surface area contributed by atoms with E-state index < -0.39 is 0 Å². The van der Waals surface area contributed by atoms with Crippen LogP contribution < -0.4 is 4.90 Å². The molecule has 4 aromatic rings. The van der Waals surface area contributed by atoms with E-state index in [4.69, 9.17) is 16.6 Å². The van der Waals surface area contributed by atoms with Gasteiger partial charge in [-0.25, -0.2) is 4.98 Å². The number of aromatic nitrogens is 3. The molecule has 160 valence electrons. The van der Waals surface area contributed by atoms with Crippen molar-refractivity contribution in [2.45, 2.75) is 40.7 Å². The Kier molecular flexibility index (Phi) is 6.12. The first-order valence-corrected chi connectivity index (χ1v) is 11.4. The number of thiazole rings is 1. The fourth-order valence-electron chi connectivity index (χ4n) is 3.60. The van der Waals surface area contributed by atoms with E-state index in [2.05, 4.69) is 5.10 Å². The summed E-state index contributed by atoms with van der Waals surface area (Å²) in [6, 6.07) is 14.0. The molecular weight excluding hydrogens is 428 g/mol. The molecule has 1 amide bonds. The van der Waals surface area contributed by atoms with E-state index in [1.165, 1.54) is 16.9 Å². The highest BCUT2D eigenvalue weighted by atomic mass is 35.5. The van der Waals surface area contributed by atoms with E-state index in [-0.39, 0.29) is 5.91 Å². The fraction of sp³-hybridized carbons (Fsp3) is 0.292. The third-order valence-corrected chi connectivity index (χ3v) is 6.84. The Balaban J connectivity index is 1.66. The lowest BCUT2D eigenvalue weighted by Gasteiger charge is -2.20. The summed E-state index contributed by atoms with van der Waals surface area (Å²) in [4.78, 5) is 20.0. The molecule has 0 aliphatic rings. The second kappa shape index (κ2) is 8.81. The van der Waals surface area contributed by atoms with Gasteiger partial charge in [0.15, 0.2) is 5.13 Å². The number of nitrogens with zero attached hydrogens (tertiary/aromatic N) is 4. The van der Waals surface area contributed by atoms with Gasteiger partial charge in [-0.15, -0.1) is 0 Å². The number of amides is 1. The van der Waals surface area contributed by atoms with Crippen LogP contribution in [0.25, 0.3) is 10.2 Å². The quantitative estimate of drug-likeness (QED) is 0.379. The van der Waals surface area contributed by atoms with E-state index in [9.17, 15) is 4.79 Å². The Hall–Kier alpha value is -2.70. The van der Waals surface area contributed by atoms with Gasteiger partial charge in [0.2, 0.25) is 5.91 Å². The normalized spacial score (nSPS) is 11.3. The fourth-order valence-corrected chi connectivity index (χ4v) is 4.82. The zero-order chi connectivity index (χ0) is 22.1. The molecule has 2 aromatic heterocycles. The van der Waals surface area contributed by atoms with Crippen LogP contribution in [0.2, 0.25) is 5.02 Å². The topological polar surface area (TPSA) is 51.0 Å². The molecule has 0 aliphatic carbocycles. The SMILES string of the molecule is Cc1ccc(CC(=O)N(CCn2nc(C)cc2C)c2nc3c(C)c(Cl)ccc3s2)cc1. The zero-order valence-corrected chi connectivity index (χ0v) is 19.7. The van der Waals surface area contributed by atoms with Crippen LogP contribution >= 0.6 is 22.9 Å². The Morgan fingerprint density at radius 1 is 1.10 bits per heavy atom. The molecule has 0 spiro atoms. The summed E-state index contributed by atoms with van der Waals surface area (Å²) in [6.45, 7) is 9.11. The van der Waals surface area contributed by atoms with Crippen LogP contribution in [-0.2, 0) is 17.8 Å². The molecule has 0 saturated heterocycles. The number of hydrogen-bond donors (Lipinski definition) is 0. The number of anilines is 1. The molecule has 0 fully saturated rings. The van der Waals surface area contributed by atoms with E-state index >= 15 is 0 Å². The Morgan fingerprint density at radius 2 is 1.84 bits per heavy atom. The predicted molar refractivity (Wildman–Crippen MR) is 128 cm³/mol. The largest absolute Gasteiger partial charge is 0.286 e. The Bertz CT molecular complexity index is 1240. The summed E-state index contributed by atoms with van der Waals surface area (Å²) < 4.78 is 2.97. The summed E-state index contributed by atoms with van der Waals surface area (Å²) in [6.07, 6.45) is 0.326. The molecule has 0 bridgehead atoms. The summed E-state index contributed by atoms with van der Waals surface area (Å²) in [5.74, 6) is 0.0215. The molecule has 2 heterocycles. The molecule has 4 rings (SSSR count). The van der Waals surface area contributed by atoms with Crippen LogP contribution in [0.1, 0.15) is 28.1 Å². The van der Waals surface area contributed by atoms with E-state index in [0.29, 0.717) is 29.7 Å². The standard InChI is InChI=1S/C24H25ClN4OS/c1-15-5-7-19(8-6-15)14-22(30)28(11-12-29-17(3)13-16(2)27-29)24-26-23-18(4)20(25)9-10-21(23)31-24/h5-10,13H,11-12,14H2,1-4H3. The highest BCUT2D eigenvalue weighted by Gasteiger charge is 2.21. The van der Waals surface area contributed by atoms with Gasteiger partial charge in [-0.05, 0) is 57.0 Å². The summed E-state index contributed by atoms with van der Waals surface area (Å²) >= 11 is 7.81. The second-order valence-corrected chi connectivity index (χ2v) is 9.29. The number of carbonyl (C=O) groups is 1. The zero-order valence-electron chi connectivity index (χ0n) is 18.1. The van der Waals surface area contributed by atoms with Crippen LogP contribution in [0, 0.1) is 27.7 Å². The van der Waals surface area contributed by atoms with Gasteiger partial charge >= 0.3 is 0 Å². The smallest absolute Gasteiger partial charge is 0.233 e. The maximum absolute atomic E-state index is 13.4. The minimum absolute atomic E-state index is 0.0215. The van der Waals surface area contributed by atoms with Crippen molar-refractivity contribution >= 4 is 44.2 Å². The molecule has 0 unspecified atom stereocenters. The summed E-state index contributed by atoms with van der Waals surface area (Å²) in [5.41, 5.74) is 6.01. The van der Waals surface area contributed by atoms with Gasteiger partial charge in [0, 0.05) is 17.3 Å². The van der Waals surface area contributed by atoms with Gasteiger partial charge in [0.05, 0.1) is 28.9 Å². The third kappa shape index (κ3) is 4.65. The molecule has 5 nitrogen and oxygen atoms in total. The maximum Gasteiger partial charge on any atom is 0.233 e. The van der Waals surface area contributed by atoms with Crippen LogP contribution in [-0.4, -0.2) is 27.2 Å². The predicted octanol–water partition coefficient (Wildman–Crippen LogP) is 5.66. The van der Waals surface area contributed by atoms with Crippen LogP contribution in [0.15, 0.2) is 42.5 Å². The number of halogens is 1. The number of aryl methyl sites for hydroxylation is 4. The number of hydrogen-bond acceptors (Lipinski definition) is 4. The van der Waals surface area contributed by atoms with Gasteiger partial charge in [-0.3, -0.25) is 14.4 Å².